The fourth-order valence-electron chi connectivity index (χ4n) is 5.89. The second-order valence-electron chi connectivity index (χ2n) is 9.39. The first-order chi connectivity index (χ1) is 17.2. The van der Waals surface area contributed by atoms with Crippen molar-refractivity contribution in [2.24, 2.45) is 0 Å². The largest absolute Gasteiger partial charge is 0.331 e. The first kappa shape index (κ1) is 19.9. The number of allylic oxidation sites excluding steroid dienone is 4. The van der Waals surface area contributed by atoms with Crippen molar-refractivity contribution in [3.63, 3.8) is 0 Å². The van der Waals surface area contributed by atoms with Gasteiger partial charge in [-0.05, 0) is 49.4 Å². The smallest absolute Gasteiger partial charge is 0.0991 e. The molecule has 2 unspecified atom stereocenters. The predicted octanol–water partition coefficient (Wildman–Crippen LogP) is 7.99. The highest BCUT2D eigenvalue weighted by molar-refractivity contribution is 6.09. The van der Waals surface area contributed by atoms with Gasteiger partial charge in [-0.3, -0.25) is 0 Å². The summed E-state index contributed by atoms with van der Waals surface area (Å²) in [6, 6.07) is 32.6. The van der Waals surface area contributed by atoms with Gasteiger partial charge in [0, 0.05) is 43.6 Å². The summed E-state index contributed by atoms with van der Waals surface area (Å²) in [6.45, 7) is 2.16. The van der Waals surface area contributed by atoms with Gasteiger partial charge in [0.1, 0.15) is 0 Å². The van der Waals surface area contributed by atoms with E-state index < -0.39 is 0 Å². The van der Waals surface area contributed by atoms with E-state index in [2.05, 4.69) is 119 Å². The summed E-state index contributed by atoms with van der Waals surface area (Å²) >= 11 is 0. The molecule has 3 nitrogen and oxygen atoms in total. The van der Waals surface area contributed by atoms with Gasteiger partial charge in [-0.1, -0.05) is 72.3 Å². The molecule has 1 aliphatic rings. The lowest BCUT2D eigenvalue weighted by Gasteiger charge is -2.30. The maximum atomic E-state index is 9.53. The minimum atomic E-state index is 0.0793. The molecule has 0 saturated carbocycles. The predicted molar refractivity (Wildman–Crippen MR) is 145 cm³/mol. The van der Waals surface area contributed by atoms with E-state index in [1.807, 2.05) is 12.1 Å². The molecule has 0 N–H and O–H groups in total. The van der Waals surface area contributed by atoms with E-state index in [0.717, 1.165) is 10.9 Å². The van der Waals surface area contributed by atoms with Crippen molar-refractivity contribution in [2.75, 3.05) is 0 Å². The maximum Gasteiger partial charge on any atom is 0.0991 e. The lowest BCUT2D eigenvalue weighted by molar-refractivity contribution is 0.478. The van der Waals surface area contributed by atoms with Crippen LogP contribution in [0.1, 0.15) is 23.2 Å². The zero-order valence-corrected chi connectivity index (χ0v) is 19.4. The van der Waals surface area contributed by atoms with Crippen molar-refractivity contribution in [3.05, 3.63) is 120 Å². The Balaban J connectivity index is 1.54. The number of para-hydroxylation sites is 2. The maximum absolute atomic E-state index is 9.53. The molecular formula is C32H23N3. The molecule has 2 atom stereocenters. The Hall–Kier alpha value is -4.55. The van der Waals surface area contributed by atoms with E-state index in [1.54, 1.807) is 0 Å². The second kappa shape index (κ2) is 7.48. The summed E-state index contributed by atoms with van der Waals surface area (Å²) in [5.41, 5.74) is 6.79. The van der Waals surface area contributed by atoms with Crippen molar-refractivity contribution in [3.8, 4) is 6.07 Å². The highest BCUT2D eigenvalue weighted by atomic mass is 15.1. The van der Waals surface area contributed by atoms with E-state index >= 15 is 0 Å². The van der Waals surface area contributed by atoms with E-state index in [9.17, 15) is 5.26 Å². The van der Waals surface area contributed by atoms with Gasteiger partial charge in [0.2, 0.25) is 0 Å². The van der Waals surface area contributed by atoms with E-state index in [4.69, 9.17) is 0 Å². The standard InChI is InChI=1S/C32H23N3/c1-21-14-16-29-25(18-21)23-8-2-4-10-27(23)34(29)31-12-6-7-13-32(31)35-28-11-5-3-9-24(28)26-19-22(20-33)15-17-30(26)35/h2-19,31-32H,1H3. The number of rotatable bonds is 2. The topological polar surface area (TPSA) is 33.6 Å². The molecule has 0 amide bonds. The zero-order chi connectivity index (χ0) is 23.5. The monoisotopic (exact) mass is 449 g/mol. The third kappa shape index (κ3) is 2.84. The molecule has 2 aromatic heterocycles. The van der Waals surface area contributed by atoms with Crippen LogP contribution in [0, 0.1) is 18.3 Å². The summed E-state index contributed by atoms with van der Waals surface area (Å²) in [4.78, 5) is 0. The minimum Gasteiger partial charge on any atom is -0.331 e. The molecular weight excluding hydrogens is 426 g/mol. The average Bonchev–Trinajstić information content (AvgIpc) is 3.41. The van der Waals surface area contributed by atoms with Crippen LogP contribution < -0.4 is 0 Å². The van der Waals surface area contributed by atoms with Crippen molar-refractivity contribution < 1.29 is 0 Å². The Bertz CT molecular complexity index is 1890. The summed E-state index contributed by atoms with van der Waals surface area (Å²) in [5, 5.41) is 14.4. The van der Waals surface area contributed by atoms with E-state index in [-0.39, 0.29) is 12.1 Å². The number of benzene rings is 4. The molecule has 2 heterocycles. The van der Waals surface area contributed by atoms with Gasteiger partial charge in [0.15, 0.2) is 0 Å². The fourth-order valence-corrected chi connectivity index (χ4v) is 5.89. The molecule has 3 heteroatoms. The molecule has 0 spiro atoms. The van der Waals surface area contributed by atoms with Crippen LogP contribution in [0.2, 0.25) is 0 Å². The van der Waals surface area contributed by atoms with Crippen molar-refractivity contribution in [1.82, 2.24) is 9.13 Å². The van der Waals surface area contributed by atoms with Gasteiger partial charge in [0.25, 0.3) is 0 Å². The lowest BCUT2D eigenvalue weighted by atomic mass is 10.0. The Morgan fingerprint density at radius 1 is 0.600 bits per heavy atom. The van der Waals surface area contributed by atoms with Gasteiger partial charge in [-0.15, -0.1) is 0 Å². The summed E-state index contributed by atoms with van der Waals surface area (Å²) in [7, 11) is 0. The minimum absolute atomic E-state index is 0.0793. The normalized spacial score (nSPS) is 17.6. The van der Waals surface area contributed by atoms with E-state index in [0.29, 0.717) is 5.56 Å². The van der Waals surface area contributed by atoms with Crippen LogP contribution in [0.25, 0.3) is 43.6 Å². The van der Waals surface area contributed by atoms with Crippen LogP contribution in [0.3, 0.4) is 0 Å². The highest BCUT2D eigenvalue weighted by Crippen LogP contribution is 2.42. The Kier molecular flexibility index (Phi) is 4.25. The third-order valence-electron chi connectivity index (χ3n) is 7.38. The highest BCUT2D eigenvalue weighted by Gasteiger charge is 2.28. The molecule has 4 aromatic carbocycles. The molecule has 0 fully saturated rings. The molecule has 6 aromatic rings. The number of fused-ring (bicyclic) bond motifs is 6. The van der Waals surface area contributed by atoms with Gasteiger partial charge in [0.05, 0.1) is 23.7 Å². The molecule has 1 aliphatic carbocycles. The molecule has 0 radical (unpaired) electrons. The number of aromatic nitrogens is 2. The van der Waals surface area contributed by atoms with E-state index in [1.165, 1.54) is 38.3 Å². The van der Waals surface area contributed by atoms with Crippen LogP contribution in [0.15, 0.2) is 109 Å². The zero-order valence-electron chi connectivity index (χ0n) is 19.4. The van der Waals surface area contributed by atoms with Gasteiger partial charge < -0.3 is 9.13 Å². The average molecular weight is 450 g/mol. The van der Waals surface area contributed by atoms with Gasteiger partial charge in [-0.2, -0.15) is 5.26 Å². The fraction of sp³-hybridized carbons (Fsp3) is 0.0938. The van der Waals surface area contributed by atoms with Crippen molar-refractivity contribution >= 4 is 43.6 Å². The van der Waals surface area contributed by atoms with Crippen molar-refractivity contribution in [1.29, 1.82) is 5.26 Å². The second-order valence-corrected chi connectivity index (χ2v) is 9.39. The third-order valence-corrected chi connectivity index (χ3v) is 7.38. The number of nitriles is 1. The van der Waals surface area contributed by atoms with Crippen LogP contribution in [0.5, 0.6) is 0 Å². The quantitative estimate of drug-likeness (QED) is 0.264. The number of nitrogens with zero attached hydrogens (tertiary/aromatic N) is 3. The molecule has 166 valence electrons. The van der Waals surface area contributed by atoms with Crippen LogP contribution >= 0.6 is 0 Å². The van der Waals surface area contributed by atoms with Crippen molar-refractivity contribution in [2.45, 2.75) is 19.0 Å². The summed E-state index contributed by atoms with van der Waals surface area (Å²) < 4.78 is 4.95. The van der Waals surface area contributed by atoms with Crippen LogP contribution in [-0.2, 0) is 0 Å². The number of aryl methyl sites for hydroxylation is 1. The van der Waals surface area contributed by atoms with Gasteiger partial charge in [-0.25, -0.2) is 0 Å². The Morgan fingerprint density at radius 3 is 1.71 bits per heavy atom. The lowest BCUT2D eigenvalue weighted by Crippen LogP contribution is -2.21. The molecule has 35 heavy (non-hydrogen) atoms. The summed E-state index contributed by atoms with van der Waals surface area (Å²) in [5.74, 6) is 0. The van der Waals surface area contributed by atoms with Crippen LogP contribution in [0.4, 0.5) is 0 Å². The summed E-state index contributed by atoms with van der Waals surface area (Å²) in [6.07, 6.45) is 8.95. The first-order valence-corrected chi connectivity index (χ1v) is 12.0. The SMILES string of the molecule is Cc1ccc2c(c1)c1ccccc1n2C1C=CC=CC1n1c2ccccc2c2cc(C#N)ccc21. The number of hydrogen-bond donors (Lipinski definition) is 0. The molecule has 0 bridgehead atoms. The Morgan fingerprint density at radius 2 is 1.11 bits per heavy atom. The molecule has 7 rings (SSSR count). The molecule has 0 saturated heterocycles. The van der Waals surface area contributed by atoms with Crippen LogP contribution in [-0.4, -0.2) is 9.13 Å². The Labute approximate surface area is 203 Å². The van der Waals surface area contributed by atoms with Gasteiger partial charge >= 0.3 is 0 Å². The molecule has 0 aliphatic heterocycles. The number of hydrogen-bond acceptors (Lipinski definition) is 1. The first-order valence-electron chi connectivity index (χ1n) is 12.0.